The van der Waals surface area contributed by atoms with E-state index < -0.39 is 0 Å². The molecular formula is C17H14N2O2. The minimum absolute atomic E-state index is 0.322. The highest BCUT2D eigenvalue weighted by Gasteiger charge is 2.21. The summed E-state index contributed by atoms with van der Waals surface area (Å²) in [7, 11) is 1.41. The molecule has 4 rings (SSSR count). The van der Waals surface area contributed by atoms with Gasteiger partial charge in [0, 0.05) is 5.39 Å². The van der Waals surface area contributed by atoms with E-state index in [9.17, 15) is 4.79 Å². The van der Waals surface area contributed by atoms with Gasteiger partial charge in [-0.25, -0.2) is 4.79 Å². The number of hydrogen-bond donors (Lipinski definition) is 1. The number of nitrogens with one attached hydrogen (secondary N) is 1. The quantitative estimate of drug-likeness (QED) is 0.540. The second kappa shape index (κ2) is 4.12. The molecule has 0 aliphatic carbocycles. The van der Waals surface area contributed by atoms with Crippen molar-refractivity contribution in [2.75, 3.05) is 7.11 Å². The van der Waals surface area contributed by atoms with E-state index in [2.05, 4.69) is 28.4 Å². The van der Waals surface area contributed by atoms with Crippen LogP contribution in [0.2, 0.25) is 0 Å². The van der Waals surface area contributed by atoms with Gasteiger partial charge < -0.3 is 9.72 Å². The molecule has 0 aliphatic rings. The van der Waals surface area contributed by atoms with E-state index >= 15 is 0 Å². The summed E-state index contributed by atoms with van der Waals surface area (Å²) in [6.45, 7) is 2.06. The SMILES string of the molecule is COC(=O)c1c2ccccc2n2c1[nH]c1ccc(C)cc12. The number of aryl methyl sites for hydroxylation is 1. The fraction of sp³-hybridized carbons (Fsp3) is 0.118. The molecular weight excluding hydrogens is 264 g/mol. The number of aromatic nitrogens is 2. The first-order valence-electron chi connectivity index (χ1n) is 6.80. The summed E-state index contributed by atoms with van der Waals surface area (Å²) in [4.78, 5) is 15.5. The topological polar surface area (TPSA) is 46.5 Å². The van der Waals surface area contributed by atoms with Crippen LogP contribution in [-0.2, 0) is 4.74 Å². The molecule has 104 valence electrons. The molecule has 4 heteroatoms. The number of para-hydroxylation sites is 1. The van der Waals surface area contributed by atoms with Crippen molar-refractivity contribution < 1.29 is 9.53 Å². The maximum absolute atomic E-state index is 12.2. The van der Waals surface area contributed by atoms with Crippen LogP contribution in [-0.4, -0.2) is 22.5 Å². The lowest BCUT2D eigenvalue weighted by atomic mass is 10.1. The summed E-state index contributed by atoms with van der Waals surface area (Å²) in [5.74, 6) is -0.322. The molecule has 0 saturated carbocycles. The van der Waals surface area contributed by atoms with E-state index in [0.717, 1.165) is 27.6 Å². The molecule has 2 aromatic carbocycles. The molecule has 2 heterocycles. The number of methoxy groups -OCH3 is 1. The van der Waals surface area contributed by atoms with Crippen LogP contribution in [0.25, 0.3) is 27.6 Å². The lowest BCUT2D eigenvalue weighted by Crippen LogP contribution is -2.00. The maximum atomic E-state index is 12.2. The Hall–Kier alpha value is -2.75. The summed E-state index contributed by atoms with van der Waals surface area (Å²) in [6.07, 6.45) is 0. The van der Waals surface area contributed by atoms with Gasteiger partial charge in [-0.05, 0) is 30.7 Å². The molecule has 21 heavy (non-hydrogen) atoms. The molecule has 0 atom stereocenters. The number of fused-ring (bicyclic) bond motifs is 5. The largest absolute Gasteiger partial charge is 0.465 e. The molecule has 0 unspecified atom stereocenters. The zero-order valence-corrected chi connectivity index (χ0v) is 11.8. The normalized spacial score (nSPS) is 11.5. The van der Waals surface area contributed by atoms with Crippen LogP contribution >= 0.6 is 0 Å². The van der Waals surface area contributed by atoms with Gasteiger partial charge in [0.05, 0.1) is 23.7 Å². The average molecular weight is 278 g/mol. The van der Waals surface area contributed by atoms with Crippen molar-refractivity contribution in [2.45, 2.75) is 6.92 Å². The Morgan fingerprint density at radius 1 is 1.14 bits per heavy atom. The van der Waals surface area contributed by atoms with E-state index in [1.54, 1.807) is 0 Å². The third-order valence-electron chi connectivity index (χ3n) is 3.91. The van der Waals surface area contributed by atoms with Crippen molar-refractivity contribution in [3.63, 3.8) is 0 Å². The van der Waals surface area contributed by atoms with Gasteiger partial charge in [0.25, 0.3) is 0 Å². The minimum atomic E-state index is -0.322. The fourth-order valence-electron chi connectivity index (χ4n) is 2.98. The van der Waals surface area contributed by atoms with Gasteiger partial charge in [-0.1, -0.05) is 24.3 Å². The van der Waals surface area contributed by atoms with Gasteiger partial charge >= 0.3 is 5.97 Å². The number of carbonyl (C=O) groups excluding carboxylic acids is 1. The van der Waals surface area contributed by atoms with Crippen molar-refractivity contribution in [3.8, 4) is 0 Å². The Bertz CT molecular complexity index is 1010. The number of ether oxygens (including phenoxy) is 1. The molecule has 0 spiro atoms. The number of hydrogen-bond acceptors (Lipinski definition) is 2. The Morgan fingerprint density at radius 3 is 2.76 bits per heavy atom. The third-order valence-corrected chi connectivity index (χ3v) is 3.91. The van der Waals surface area contributed by atoms with Crippen LogP contribution in [0.1, 0.15) is 15.9 Å². The Balaban J connectivity index is 2.29. The summed E-state index contributed by atoms with van der Waals surface area (Å²) >= 11 is 0. The second-order valence-electron chi connectivity index (χ2n) is 5.21. The van der Waals surface area contributed by atoms with Crippen molar-refractivity contribution >= 4 is 33.6 Å². The van der Waals surface area contributed by atoms with Crippen LogP contribution in [0.4, 0.5) is 0 Å². The first-order chi connectivity index (χ1) is 10.2. The van der Waals surface area contributed by atoms with Gasteiger partial charge in [0.1, 0.15) is 11.2 Å². The van der Waals surface area contributed by atoms with Gasteiger partial charge in [-0.3, -0.25) is 4.40 Å². The smallest absolute Gasteiger partial charge is 0.342 e. The summed E-state index contributed by atoms with van der Waals surface area (Å²) < 4.78 is 7.05. The monoisotopic (exact) mass is 278 g/mol. The number of H-pyrrole nitrogens is 1. The fourth-order valence-corrected chi connectivity index (χ4v) is 2.98. The highest BCUT2D eigenvalue weighted by atomic mass is 16.5. The van der Waals surface area contributed by atoms with Crippen LogP contribution in [0.3, 0.4) is 0 Å². The van der Waals surface area contributed by atoms with Crippen LogP contribution < -0.4 is 0 Å². The molecule has 0 saturated heterocycles. The van der Waals surface area contributed by atoms with Crippen LogP contribution in [0.15, 0.2) is 42.5 Å². The first-order valence-corrected chi connectivity index (χ1v) is 6.80. The predicted molar refractivity (Wildman–Crippen MR) is 82.8 cm³/mol. The summed E-state index contributed by atoms with van der Waals surface area (Å²) in [5, 5.41) is 0.902. The number of carbonyl (C=O) groups is 1. The second-order valence-corrected chi connectivity index (χ2v) is 5.21. The number of imidazole rings is 1. The van der Waals surface area contributed by atoms with E-state index in [1.807, 2.05) is 30.3 Å². The molecule has 4 nitrogen and oxygen atoms in total. The van der Waals surface area contributed by atoms with Crippen LogP contribution in [0.5, 0.6) is 0 Å². The zero-order chi connectivity index (χ0) is 14.6. The molecule has 0 fully saturated rings. The molecule has 0 amide bonds. The predicted octanol–water partition coefficient (Wildman–Crippen LogP) is 3.67. The Morgan fingerprint density at radius 2 is 1.95 bits per heavy atom. The maximum Gasteiger partial charge on any atom is 0.342 e. The van der Waals surface area contributed by atoms with E-state index in [4.69, 9.17) is 4.74 Å². The minimum Gasteiger partial charge on any atom is -0.465 e. The lowest BCUT2D eigenvalue weighted by Gasteiger charge is -1.98. The summed E-state index contributed by atoms with van der Waals surface area (Å²) in [6, 6.07) is 14.1. The van der Waals surface area contributed by atoms with E-state index in [1.165, 1.54) is 12.7 Å². The summed E-state index contributed by atoms with van der Waals surface area (Å²) in [5.41, 5.74) is 5.62. The van der Waals surface area contributed by atoms with Crippen molar-refractivity contribution in [2.24, 2.45) is 0 Å². The highest BCUT2D eigenvalue weighted by molar-refractivity contribution is 6.13. The van der Waals surface area contributed by atoms with Crippen molar-refractivity contribution in [1.82, 2.24) is 9.38 Å². The van der Waals surface area contributed by atoms with Gasteiger partial charge in [0.2, 0.25) is 0 Å². The zero-order valence-electron chi connectivity index (χ0n) is 11.8. The van der Waals surface area contributed by atoms with Crippen molar-refractivity contribution in [1.29, 1.82) is 0 Å². The molecule has 2 aromatic heterocycles. The standard InChI is InChI=1S/C17H14N2O2/c1-10-7-8-12-14(9-10)19-13-6-4-3-5-11(13)15(16(19)18-12)17(20)21-2/h3-9,18H,1-2H3. The molecule has 0 aliphatic heterocycles. The number of benzene rings is 2. The van der Waals surface area contributed by atoms with Gasteiger partial charge in [-0.15, -0.1) is 0 Å². The van der Waals surface area contributed by atoms with Crippen molar-refractivity contribution in [3.05, 3.63) is 53.6 Å². The molecule has 0 radical (unpaired) electrons. The Kier molecular flexibility index (Phi) is 2.36. The van der Waals surface area contributed by atoms with Crippen LogP contribution in [0, 0.1) is 6.92 Å². The van der Waals surface area contributed by atoms with E-state index in [-0.39, 0.29) is 5.97 Å². The number of nitrogens with zero attached hydrogens (tertiary/aromatic N) is 1. The highest BCUT2D eigenvalue weighted by Crippen LogP contribution is 2.31. The third kappa shape index (κ3) is 1.53. The van der Waals surface area contributed by atoms with Gasteiger partial charge in [0.15, 0.2) is 0 Å². The number of aromatic amines is 1. The number of rotatable bonds is 1. The van der Waals surface area contributed by atoms with E-state index in [0.29, 0.717) is 5.56 Å². The average Bonchev–Trinajstić information content (AvgIpc) is 3.00. The number of esters is 1. The van der Waals surface area contributed by atoms with Gasteiger partial charge in [-0.2, -0.15) is 0 Å². The molecule has 4 aromatic rings. The Labute approximate surface area is 120 Å². The molecule has 1 N–H and O–H groups in total. The first kappa shape index (κ1) is 12.0. The lowest BCUT2D eigenvalue weighted by molar-refractivity contribution is 0.0605. The molecule has 0 bridgehead atoms.